The fourth-order valence-corrected chi connectivity index (χ4v) is 4.45. The molecular weight excluding hydrogens is 380 g/mol. The van der Waals surface area contributed by atoms with Crippen molar-refractivity contribution < 1.29 is 19.1 Å². The summed E-state index contributed by atoms with van der Waals surface area (Å²) in [5, 5.41) is 0. The molecule has 0 N–H and O–H groups in total. The first-order chi connectivity index (χ1) is 14.7. The van der Waals surface area contributed by atoms with Gasteiger partial charge in [0.15, 0.2) is 11.5 Å². The summed E-state index contributed by atoms with van der Waals surface area (Å²) in [4.78, 5) is 29.4. The van der Waals surface area contributed by atoms with Gasteiger partial charge in [-0.2, -0.15) is 0 Å². The zero-order chi connectivity index (χ0) is 20.8. The van der Waals surface area contributed by atoms with Crippen LogP contribution in [-0.2, 0) is 9.59 Å². The second kappa shape index (κ2) is 10.0. The summed E-state index contributed by atoms with van der Waals surface area (Å²) in [7, 11) is 0. The van der Waals surface area contributed by atoms with Crippen molar-refractivity contribution in [3.8, 4) is 11.5 Å². The minimum Gasteiger partial charge on any atom is -0.490 e. The third-order valence-electron chi connectivity index (χ3n) is 6.26. The Labute approximate surface area is 178 Å². The number of rotatable bonds is 3. The van der Waals surface area contributed by atoms with Gasteiger partial charge in [0.05, 0.1) is 13.2 Å². The van der Waals surface area contributed by atoms with Crippen LogP contribution in [0.15, 0.2) is 24.3 Å². The summed E-state index contributed by atoms with van der Waals surface area (Å²) in [5.41, 5.74) is 0.916. The molecule has 0 bridgehead atoms. The van der Waals surface area contributed by atoms with Gasteiger partial charge in [-0.25, -0.2) is 0 Å². The van der Waals surface area contributed by atoms with Gasteiger partial charge in [0.1, 0.15) is 0 Å². The largest absolute Gasteiger partial charge is 0.490 e. The summed E-state index contributed by atoms with van der Waals surface area (Å²) >= 11 is 0. The van der Waals surface area contributed by atoms with Gasteiger partial charge < -0.3 is 19.3 Å². The number of nitrogens with zero attached hydrogens (tertiary/aromatic N) is 2. The number of hydrogen-bond acceptors (Lipinski definition) is 4. The molecule has 6 heteroatoms. The monoisotopic (exact) mass is 412 g/mol. The zero-order valence-corrected chi connectivity index (χ0v) is 17.7. The fourth-order valence-electron chi connectivity index (χ4n) is 4.45. The maximum Gasteiger partial charge on any atom is 0.246 e. The SMILES string of the molecule is O=C(/C=C/c1ccc2c(c1)OCCCO2)N1CCC(C(=O)N2CCCCCC2)CC1. The van der Waals surface area contributed by atoms with Gasteiger partial charge in [0, 0.05) is 44.6 Å². The molecule has 2 fully saturated rings. The number of amides is 2. The minimum absolute atomic E-state index is 0.00258. The molecule has 4 rings (SSSR count). The van der Waals surface area contributed by atoms with Crippen LogP contribution in [0.2, 0.25) is 0 Å². The maximum absolute atomic E-state index is 12.8. The van der Waals surface area contributed by atoms with Crippen LogP contribution < -0.4 is 9.47 Å². The summed E-state index contributed by atoms with van der Waals surface area (Å²) in [5.74, 6) is 1.86. The number of fused-ring (bicyclic) bond motifs is 1. The molecule has 0 aliphatic carbocycles. The molecule has 0 aromatic heterocycles. The molecule has 1 aromatic rings. The van der Waals surface area contributed by atoms with Gasteiger partial charge in [-0.3, -0.25) is 9.59 Å². The molecule has 0 atom stereocenters. The van der Waals surface area contributed by atoms with Crippen LogP contribution in [-0.4, -0.2) is 61.0 Å². The molecule has 3 aliphatic heterocycles. The van der Waals surface area contributed by atoms with Crippen molar-refractivity contribution in [3.05, 3.63) is 29.8 Å². The molecule has 2 saturated heterocycles. The van der Waals surface area contributed by atoms with E-state index in [2.05, 4.69) is 4.90 Å². The van der Waals surface area contributed by atoms with Gasteiger partial charge >= 0.3 is 0 Å². The van der Waals surface area contributed by atoms with E-state index in [1.165, 1.54) is 12.8 Å². The highest BCUT2D eigenvalue weighted by Crippen LogP contribution is 2.31. The summed E-state index contributed by atoms with van der Waals surface area (Å²) in [6.07, 6.45) is 10.5. The lowest BCUT2D eigenvalue weighted by Crippen LogP contribution is -2.44. The number of benzene rings is 1. The first-order valence-corrected chi connectivity index (χ1v) is 11.4. The summed E-state index contributed by atoms with van der Waals surface area (Å²) < 4.78 is 11.4. The number of carbonyl (C=O) groups excluding carboxylic acids is 2. The second-order valence-electron chi connectivity index (χ2n) is 8.43. The maximum atomic E-state index is 12.8. The number of likely N-dealkylation sites (tertiary alicyclic amines) is 2. The van der Waals surface area contributed by atoms with E-state index in [1.54, 1.807) is 6.08 Å². The molecule has 2 amide bonds. The Kier molecular flexibility index (Phi) is 6.92. The molecule has 3 aliphatic rings. The molecule has 0 radical (unpaired) electrons. The van der Waals surface area contributed by atoms with E-state index >= 15 is 0 Å². The van der Waals surface area contributed by atoms with Crippen LogP contribution in [0, 0.1) is 5.92 Å². The van der Waals surface area contributed by atoms with Crippen LogP contribution >= 0.6 is 0 Å². The Morgan fingerprint density at radius 3 is 2.27 bits per heavy atom. The molecule has 1 aromatic carbocycles. The van der Waals surface area contributed by atoms with Crippen molar-refractivity contribution in [3.63, 3.8) is 0 Å². The lowest BCUT2D eigenvalue weighted by Gasteiger charge is -2.33. The summed E-state index contributed by atoms with van der Waals surface area (Å²) in [6.45, 7) is 4.40. The molecule has 30 heavy (non-hydrogen) atoms. The van der Waals surface area contributed by atoms with Crippen LogP contribution in [0.1, 0.15) is 50.5 Å². The average Bonchev–Trinajstić information content (AvgIpc) is 3.20. The van der Waals surface area contributed by atoms with Crippen molar-refractivity contribution in [2.75, 3.05) is 39.4 Å². The average molecular weight is 413 g/mol. The number of piperidine rings is 1. The van der Waals surface area contributed by atoms with E-state index < -0.39 is 0 Å². The Hall–Kier alpha value is -2.50. The van der Waals surface area contributed by atoms with Gasteiger partial charge in [0.2, 0.25) is 11.8 Å². The Morgan fingerprint density at radius 1 is 0.833 bits per heavy atom. The van der Waals surface area contributed by atoms with Crippen molar-refractivity contribution in [1.29, 1.82) is 0 Å². The topological polar surface area (TPSA) is 59.1 Å². The molecule has 162 valence electrons. The van der Waals surface area contributed by atoms with Gasteiger partial charge in [-0.1, -0.05) is 18.9 Å². The summed E-state index contributed by atoms with van der Waals surface area (Å²) in [6, 6.07) is 5.74. The normalized spacial score (nSPS) is 20.7. The van der Waals surface area contributed by atoms with Crippen LogP contribution in [0.25, 0.3) is 6.08 Å². The molecular formula is C24H32N2O4. The highest BCUT2D eigenvalue weighted by molar-refractivity contribution is 5.92. The van der Waals surface area contributed by atoms with E-state index in [9.17, 15) is 9.59 Å². The van der Waals surface area contributed by atoms with Gasteiger partial charge in [-0.05, 0) is 49.5 Å². The van der Waals surface area contributed by atoms with Crippen LogP contribution in [0.4, 0.5) is 0 Å². The van der Waals surface area contributed by atoms with E-state index in [-0.39, 0.29) is 11.8 Å². The highest BCUT2D eigenvalue weighted by atomic mass is 16.5. The highest BCUT2D eigenvalue weighted by Gasteiger charge is 2.29. The Balaban J connectivity index is 1.29. The Bertz CT molecular complexity index is 775. The van der Waals surface area contributed by atoms with E-state index in [0.29, 0.717) is 32.2 Å². The molecule has 6 nitrogen and oxygen atoms in total. The predicted octanol–water partition coefficient (Wildman–Crippen LogP) is 3.50. The number of ether oxygens (including phenoxy) is 2. The van der Waals surface area contributed by atoms with Crippen LogP contribution in [0.3, 0.4) is 0 Å². The van der Waals surface area contributed by atoms with Crippen molar-refractivity contribution in [2.24, 2.45) is 5.92 Å². The van der Waals surface area contributed by atoms with Crippen molar-refractivity contribution in [2.45, 2.75) is 44.9 Å². The molecule has 3 heterocycles. The lowest BCUT2D eigenvalue weighted by molar-refractivity contribution is -0.139. The lowest BCUT2D eigenvalue weighted by atomic mass is 9.95. The quantitative estimate of drug-likeness (QED) is 0.713. The van der Waals surface area contributed by atoms with E-state index in [0.717, 1.165) is 62.3 Å². The van der Waals surface area contributed by atoms with E-state index in [4.69, 9.17) is 9.47 Å². The predicted molar refractivity (Wildman–Crippen MR) is 115 cm³/mol. The Morgan fingerprint density at radius 2 is 1.53 bits per heavy atom. The van der Waals surface area contributed by atoms with Gasteiger partial charge in [-0.15, -0.1) is 0 Å². The smallest absolute Gasteiger partial charge is 0.246 e. The van der Waals surface area contributed by atoms with Crippen molar-refractivity contribution in [1.82, 2.24) is 9.80 Å². The van der Waals surface area contributed by atoms with Crippen LogP contribution in [0.5, 0.6) is 11.5 Å². The number of hydrogen-bond donors (Lipinski definition) is 0. The first-order valence-electron chi connectivity index (χ1n) is 11.4. The third kappa shape index (κ3) is 5.15. The first kappa shape index (κ1) is 20.8. The fraction of sp³-hybridized carbons (Fsp3) is 0.583. The van der Waals surface area contributed by atoms with E-state index in [1.807, 2.05) is 29.2 Å². The number of carbonyl (C=O) groups is 2. The molecule has 0 saturated carbocycles. The van der Waals surface area contributed by atoms with Crippen molar-refractivity contribution >= 4 is 17.9 Å². The second-order valence-corrected chi connectivity index (χ2v) is 8.43. The van der Waals surface area contributed by atoms with Gasteiger partial charge in [0.25, 0.3) is 0 Å². The molecule has 0 unspecified atom stereocenters. The zero-order valence-electron chi connectivity index (χ0n) is 17.7. The standard InChI is InChI=1S/C24H32N2O4/c27-23(9-7-19-6-8-21-22(18-19)30-17-5-16-29-21)25-14-10-20(11-15-25)24(28)26-12-3-1-2-4-13-26/h6-9,18,20H,1-5,10-17H2/b9-7+. The molecule has 0 spiro atoms. The minimum atomic E-state index is 0.00258. The third-order valence-corrected chi connectivity index (χ3v) is 6.26.